The van der Waals surface area contributed by atoms with E-state index in [1.165, 1.54) is 23.4 Å². The molecule has 0 aliphatic carbocycles. The first kappa shape index (κ1) is 29.9. The Hall–Kier alpha value is -5.07. The molecular formula is C29H34FN9O3. The minimum atomic E-state index is -0.870. The van der Waals surface area contributed by atoms with Crippen LogP contribution in [0.4, 0.5) is 26.5 Å². The summed E-state index contributed by atoms with van der Waals surface area (Å²) in [4.78, 5) is 34.9. The van der Waals surface area contributed by atoms with Crippen LogP contribution in [-0.4, -0.2) is 54.6 Å². The van der Waals surface area contributed by atoms with Gasteiger partial charge in [-0.1, -0.05) is 30.3 Å². The van der Waals surface area contributed by atoms with Gasteiger partial charge in [-0.15, -0.1) is 4.80 Å². The number of nitrogens with one attached hydrogen (secondary N) is 3. The molecule has 0 spiro atoms. The quantitative estimate of drug-likeness (QED) is 0.216. The zero-order chi connectivity index (χ0) is 30.4. The van der Waals surface area contributed by atoms with Gasteiger partial charge in [-0.25, -0.2) is 14.2 Å². The summed E-state index contributed by atoms with van der Waals surface area (Å²) in [5.41, 5.74) is 7.37. The number of carbonyl (C=O) groups excluding carboxylic acids is 2. The van der Waals surface area contributed by atoms with Crippen LogP contribution in [0.2, 0.25) is 0 Å². The van der Waals surface area contributed by atoms with Gasteiger partial charge in [0.15, 0.2) is 11.6 Å². The minimum absolute atomic E-state index is 0.0163. The van der Waals surface area contributed by atoms with Gasteiger partial charge < -0.3 is 26.4 Å². The van der Waals surface area contributed by atoms with E-state index >= 15 is 4.39 Å². The lowest BCUT2D eigenvalue weighted by molar-refractivity contribution is 0.0503. The monoisotopic (exact) mass is 575 g/mol. The fourth-order valence-electron chi connectivity index (χ4n) is 4.13. The fourth-order valence-corrected chi connectivity index (χ4v) is 4.13. The number of anilines is 3. The van der Waals surface area contributed by atoms with E-state index in [2.05, 4.69) is 36.1 Å². The molecule has 0 fully saturated rings. The second-order valence-corrected chi connectivity index (χ2v) is 10.7. The molecule has 3 heterocycles. The van der Waals surface area contributed by atoms with Gasteiger partial charge in [0.2, 0.25) is 0 Å². The lowest BCUT2D eigenvalue weighted by Gasteiger charge is -2.28. The molecule has 0 radical (unpaired) electrons. The standard InChI is InChI=1S/C29H34FN9O3/c1-17(35-28(41)42-29(3,4)5)23(13-19-9-7-6-8-10-19)37-27-22(30)15-21(25(31)40)26(38-27)36-20-14-24(18(2)32-16-20)39-33-11-12-34-39/h6-12,14-17,23H,13H2,1-5H3,(H2,31,40)(H,35,41)(H2,36,37,38)/t17-,23+/m0/s1. The Morgan fingerprint density at radius 1 is 1.10 bits per heavy atom. The predicted molar refractivity (Wildman–Crippen MR) is 156 cm³/mol. The highest BCUT2D eigenvalue weighted by Crippen LogP contribution is 2.26. The van der Waals surface area contributed by atoms with Crippen LogP contribution >= 0.6 is 0 Å². The number of rotatable bonds is 10. The molecule has 0 saturated heterocycles. The van der Waals surface area contributed by atoms with Crippen LogP contribution in [0.5, 0.6) is 0 Å². The van der Waals surface area contributed by atoms with Gasteiger partial charge in [-0.2, -0.15) is 10.2 Å². The summed E-state index contributed by atoms with van der Waals surface area (Å²) in [6.07, 6.45) is 4.42. The van der Waals surface area contributed by atoms with Crippen molar-refractivity contribution in [2.75, 3.05) is 10.6 Å². The number of benzene rings is 1. The van der Waals surface area contributed by atoms with E-state index in [9.17, 15) is 9.59 Å². The van der Waals surface area contributed by atoms with E-state index < -0.39 is 35.5 Å². The molecule has 4 rings (SSSR count). The number of primary amides is 1. The molecule has 2 amide bonds. The highest BCUT2D eigenvalue weighted by Gasteiger charge is 2.26. The summed E-state index contributed by atoms with van der Waals surface area (Å²) < 4.78 is 20.8. The van der Waals surface area contributed by atoms with Crippen molar-refractivity contribution >= 4 is 29.3 Å². The van der Waals surface area contributed by atoms with E-state index in [-0.39, 0.29) is 17.2 Å². The van der Waals surface area contributed by atoms with Crippen molar-refractivity contribution < 1.29 is 18.7 Å². The summed E-state index contributed by atoms with van der Waals surface area (Å²) in [7, 11) is 0. The SMILES string of the molecule is Cc1ncc(Nc2nc(N[C@H](Cc3ccccc3)[C@H](C)NC(=O)OC(C)(C)C)c(F)cc2C(N)=O)cc1-n1nccn1. The molecule has 0 saturated carbocycles. The van der Waals surface area contributed by atoms with Crippen molar-refractivity contribution in [3.8, 4) is 5.69 Å². The highest BCUT2D eigenvalue weighted by atomic mass is 19.1. The average Bonchev–Trinajstić information content (AvgIpc) is 3.45. The van der Waals surface area contributed by atoms with E-state index in [1.807, 2.05) is 30.3 Å². The zero-order valence-corrected chi connectivity index (χ0v) is 24.1. The van der Waals surface area contributed by atoms with Crippen molar-refractivity contribution in [3.05, 3.63) is 83.7 Å². The Bertz CT molecular complexity index is 1540. The Labute approximate surface area is 242 Å². The molecule has 4 aromatic rings. The fraction of sp³-hybridized carbons (Fsp3) is 0.310. The van der Waals surface area contributed by atoms with Crippen molar-refractivity contribution in [1.29, 1.82) is 0 Å². The van der Waals surface area contributed by atoms with E-state index in [4.69, 9.17) is 10.5 Å². The van der Waals surface area contributed by atoms with Crippen molar-refractivity contribution in [2.45, 2.75) is 58.7 Å². The van der Waals surface area contributed by atoms with Crippen LogP contribution in [-0.2, 0) is 11.2 Å². The smallest absolute Gasteiger partial charge is 0.407 e. The first-order valence-corrected chi connectivity index (χ1v) is 13.3. The first-order chi connectivity index (χ1) is 19.9. The third-order valence-electron chi connectivity index (χ3n) is 6.17. The van der Waals surface area contributed by atoms with E-state index in [0.29, 0.717) is 23.5 Å². The lowest BCUT2D eigenvalue weighted by Crippen LogP contribution is -2.47. The summed E-state index contributed by atoms with van der Waals surface area (Å²) in [5, 5.41) is 17.2. The average molecular weight is 576 g/mol. The molecular weight excluding hydrogens is 541 g/mol. The Kier molecular flexibility index (Phi) is 8.99. The van der Waals surface area contributed by atoms with Gasteiger partial charge in [0.05, 0.1) is 41.6 Å². The van der Waals surface area contributed by atoms with Gasteiger partial charge in [0.1, 0.15) is 17.1 Å². The van der Waals surface area contributed by atoms with Gasteiger partial charge in [-0.05, 0) is 58.7 Å². The second kappa shape index (κ2) is 12.6. The number of halogens is 1. The molecule has 1 aromatic carbocycles. The third-order valence-corrected chi connectivity index (χ3v) is 6.17. The molecule has 0 aliphatic rings. The Morgan fingerprint density at radius 3 is 2.43 bits per heavy atom. The zero-order valence-electron chi connectivity index (χ0n) is 24.1. The highest BCUT2D eigenvalue weighted by molar-refractivity contribution is 5.98. The van der Waals surface area contributed by atoms with Crippen LogP contribution in [0.1, 0.15) is 49.3 Å². The van der Waals surface area contributed by atoms with Gasteiger partial charge >= 0.3 is 6.09 Å². The summed E-state index contributed by atoms with van der Waals surface area (Å²) in [5.74, 6) is -1.79. The Morgan fingerprint density at radius 2 is 1.79 bits per heavy atom. The number of aryl methyl sites for hydroxylation is 1. The van der Waals surface area contributed by atoms with Gasteiger partial charge in [0.25, 0.3) is 5.91 Å². The molecule has 42 heavy (non-hydrogen) atoms. The summed E-state index contributed by atoms with van der Waals surface area (Å²) in [6.45, 7) is 8.88. The predicted octanol–water partition coefficient (Wildman–Crippen LogP) is 4.28. The molecule has 5 N–H and O–H groups in total. The largest absolute Gasteiger partial charge is 0.444 e. The maximum absolute atomic E-state index is 15.4. The number of hydrogen-bond acceptors (Lipinski definition) is 9. The minimum Gasteiger partial charge on any atom is -0.444 e. The summed E-state index contributed by atoms with van der Waals surface area (Å²) in [6, 6.07) is 11.2. The van der Waals surface area contributed by atoms with Crippen LogP contribution < -0.4 is 21.7 Å². The molecule has 2 atom stereocenters. The number of aromatic nitrogens is 5. The van der Waals surface area contributed by atoms with E-state index in [0.717, 1.165) is 11.6 Å². The number of amides is 2. The Balaban J connectivity index is 1.66. The number of nitrogens with zero attached hydrogens (tertiary/aromatic N) is 5. The number of carbonyl (C=O) groups is 2. The topological polar surface area (TPSA) is 162 Å². The molecule has 13 heteroatoms. The van der Waals surface area contributed by atoms with Gasteiger partial charge in [0, 0.05) is 6.04 Å². The maximum atomic E-state index is 15.4. The molecule has 0 bridgehead atoms. The molecule has 0 unspecified atom stereocenters. The van der Waals surface area contributed by atoms with Gasteiger partial charge in [-0.3, -0.25) is 9.78 Å². The normalized spacial score (nSPS) is 12.7. The maximum Gasteiger partial charge on any atom is 0.407 e. The number of pyridine rings is 2. The van der Waals surface area contributed by atoms with Crippen molar-refractivity contribution in [3.63, 3.8) is 0 Å². The van der Waals surface area contributed by atoms with Crippen molar-refractivity contribution in [1.82, 2.24) is 30.3 Å². The number of alkyl carbamates (subject to hydrolysis) is 1. The van der Waals surface area contributed by atoms with Crippen LogP contribution in [0.3, 0.4) is 0 Å². The van der Waals surface area contributed by atoms with E-state index in [1.54, 1.807) is 40.7 Å². The first-order valence-electron chi connectivity index (χ1n) is 13.3. The molecule has 220 valence electrons. The molecule has 0 aliphatic heterocycles. The van der Waals surface area contributed by atoms with Crippen LogP contribution in [0, 0.1) is 12.7 Å². The summed E-state index contributed by atoms with van der Waals surface area (Å²) >= 11 is 0. The number of hydrogen-bond donors (Lipinski definition) is 4. The number of ether oxygens (including phenoxy) is 1. The molecule has 12 nitrogen and oxygen atoms in total. The second-order valence-electron chi connectivity index (χ2n) is 10.7. The number of nitrogens with two attached hydrogens (primary N) is 1. The van der Waals surface area contributed by atoms with Crippen LogP contribution in [0.15, 0.2) is 61.1 Å². The third kappa shape index (κ3) is 7.77. The van der Waals surface area contributed by atoms with Crippen molar-refractivity contribution in [2.24, 2.45) is 5.73 Å². The lowest BCUT2D eigenvalue weighted by atomic mass is 10.00. The van der Waals surface area contributed by atoms with Crippen LogP contribution in [0.25, 0.3) is 5.69 Å². The molecule has 3 aromatic heterocycles.